The summed E-state index contributed by atoms with van der Waals surface area (Å²) < 4.78 is 29.3. The van der Waals surface area contributed by atoms with Crippen molar-refractivity contribution in [3.8, 4) is 5.69 Å². The van der Waals surface area contributed by atoms with Crippen LogP contribution in [-0.4, -0.2) is 41.0 Å². The van der Waals surface area contributed by atoms with Gasteiger partial charge in [0.1, 0.15) is 0 Å². The van der Waals surface area contributed by atoms with E-state index in [1.54, 1.807) is 4.31 Å². The molecule has 0 radical (unpaired) electrons. The number of amides is 1. The van der Waals surface area contributed by atoms with Gasteiger partial charge in [0, 0.05) is 30.5 Å². The minimum atomic E-state index is -3.61. The SMILES string of the molecule is CC[C@H]1CCCCN1S(=O)(=O)c1ccc(NC(=O)c2nn(-c3cccc(C)c3)ccc2=O)cc1. The fourth-order valence-corrected chi connectivity index (χ4v) is 5.98. The molecule has 9 heteroatoms. The van der Waals surface area contributed by atoms with Gasteiger partial charge >= 0.3 is 0 Å². The van der Waals surface area contributed by atoms with Gasteiger partial charge in [-0.1, -0.05) is 25.5 Å². The van der Waals surface area contributed by atoms with E-state index < -0.39 is 21.4 Å². The van der Waals surface area contributed by atoms with Gasteiger partial charge in [0.2, 0.25) is 15.5 Å². The smallest absolute Gasteiger partial charge is 0.280 e. The van der Waals surface area contributed by atoms with E-state index in [4.69, 9.17) is 0 Å². The Bertz CT molecular complexity index is 1350. The molecule has 2 aromatic carbocycles. The van der Waals surface area contributed by atoms with Gasteiger partial charge in [0.05, 0.1) is 10.6 Å². The molecule has 1 aromatic heterocycles. The minimum absolute atomic E-state index is 0.0119. The van der Waals surface area contributed by atoms with Gasteiger partial charge in [-0.25, -0.2) is 13.1 Å². The van der Waals surface area contributed by atoms with E-state index >= 15 is 0 Å². The molecule has 1 N–H and O–H groups in total. The zero-order chi connectivity index (χ0) is 24.3. The fourth-order valence-electron chi connectivity index (χ4n) is 4.21. The van der Waals surface area contributed by atoms with E-state index in [9.17, 15) is 18.0 Å². The highest BCUT2D eigenvalue weighted by atomic mass is 32.2. The monoisotopic (exact) mass is 480 g/mol. The van der Waals surface area contributed by atoms with Crippen molar-refractivity contribution in [3.63, 3.8) is 0 Å². The molecule has 1 fully saturated rings. The summed E-state index contributed by atoms with van der Waals surface area (Å²) in [5, 5.41) is 6.85. The molecule has 1 amide bonds. The highest BCUT2D eigenvalue weighted by Gasteiger charge is 2.32. The Morgan fingerprint density at radius 3 is 2.59 bits per heavy atom. The predicted octanol–water partition coefficient (Wildman–Crippen LogP) is 3.75. The third-order valence-electron chi connectivity index (χ3n) is 6.05. The molecular weight excluding hydrogens is 452 g/mol. The number of hydrogen-bond acceptors (Lipinski definition) is 5. The second-order valence-electron chi connectivity index (χ2n) is 8.46. The number of aryl methyl sites for hydroxylation is 1. The van der Waals surface area contributed by atoms with E-state index in [0.717, 1.165) is 36.9 Å². The summed E-state index contributed by atoms with van der Waals surface area (Å²) in [4.78, 5) is 25.3. The highest BCUT2D eigenvalue weighted by molar-refractivity contribution is 7.89. The number of nitrogens with zero attached hydrogens (tertiary/aromatic N) is 3. The lowest BCUT2D eigenvalue weighted by Crippen LogP contribution is -2.43. The van der Waals surface area contributed by atoms with Crippen LogP contribution >= 0.6 is 0 Å². The van der Waals surface area contributed by atoms with Crippen LogP contribution in [0.5, 0.6) is 0 Å². The number of aromatic nitrogens is 2. The Labute approximate surface area is 199 Å². The summed E-state index contributed by atoms with van der Waals surface area (Å²) in [6, 6.07) is 14.9. The van der Waals surface area contributed by atoms with Crippen LogP contribution < -0.4 is 10.7 Å². The van der Waals surface area contributed by atoms with E-state index in [1.807, 2.05) is 38.1 Å². The molecule has 8 nitrogen and oxygen atoms in total. The summed E-state index contributed by atoms with van der Waals surface area (Å²) in [7, 11) is -3.61. The average molecular weight is 481 g/mol. The van der Waals surface area contributed by atoms with Crippen molar-refractivity contribution in [3.05, 3.63) is 82.3 Å². The Kier molecular flexibility index (Phi) is 6.95. The van der Waals surface area contributed by atoms with Crippen LogP contribution in [0.3, 0.4) is 0 Å². The Morgan fingerprint density at radius 2 is 1.88 bits per heavy atom. The summed E-state index contributed by atoms with van der Waals surface area (Å²) in [5.41, 5.74) is 1.37. The number of rotatable bonds is 6. The predicted molar refractivity (Wildman–Crippen MR) is 131 cm³/mol. The molecule has 1 aliphatic heterocycles. The normalized spacial score (nSPS) is 16.8. The molecule has 34 heavy (non-hydrogen) atoms. The molecule has 178 valence electrons. The molecule has 0 unspecified atom stereocenters. The summed E-state index contributed by atoms with van der Waals surface area (Å²) in [6.45, 7) is 4.46. The molecule has 3 aromatic rings. The lowest BCUT2D eigenvalue weighted by atomic mass is 10.0. The first kappa shape index (κ1) is 23.8. The van der Waals surface area contributed by atoms with Crippen LogP contribution in [0.25, 0.3) is 5.69 Å². The minimum Gasteiger partial charge on any atom is -0.320 e. The zero-order valence-corrected chi connectivity index (χ0v) is 20.1. The van der Waals surface area contributed by atoms with Gasteiger partial charge in [-0.3, -0.25) is 9.59 Å². The van der Waals surface area contributed by atoms with E-state index in [-0.39, 0.29) is 16.6 Å². The van der Waals surface area contributed by atoms with Crippen LogP contribution in [-0.2, 0) is 10.0 Å². The van der Waals surface area contributed by atoms with Crippen molar-refractivity contribution in [2.24, 2.45) is 0 Å². The van der Waals surface area contributed by atoms with Crippen LogP contribution in [0.1, 0.15) is 48.7 Å². The Morgan fingerprint density at radius 1 is 1.12 bits per heavy atom. The van der Waals surface area contributed by atoms with Gasteiger partial charge in [-0.2, -0.15) is 9.40 Å². The first-order valence-electron chi connectivity index (χ1n) is 11.4. The maximum absolute atomic E-state index is 13.1. The number of sulfonamides is 1. The first-order chi connectivity index (χ1) is 16.3. The molecule has 0 bridgehead atoms. The number of carbonyl (C=O) groups excluding carboxylic acids is 1. The molecule has 4 rings (SSSR count). The summed E-state index contributed by atoms with van der Waals surface area (Å²) in [6.07, 6.45) is 5.05. The second kappa shape index (κ2) is 9.90. The van der Waals surface area contributed by atoms with Crippen LogP contribution in [0.4, 0.5) is 5.69 Å². The number of nitrogens with one attached hydrogen (secondary N) is 1. The standard InChI is InChI=1S/C25H28N4O4S/c1-3-20-8-4-5-15-29(20)34(32,33)22-12-10-19(11-13-22)26-25(31)24-23(30)14-16-28(27-24)21-9-6-7-18(2)17-21/h6-7,9-14,16-17,20H,3-5,8,15H2,1-2H3,(H,26,31)/t20-/m0/s1. The topological polar surface area (TPSA) is 101 Å². The van der Waals surface area contributed by atoms with Crippen molar-refractivity contribution in [1.29, 1.82) is 0 Å². The molecular formula is C25H28N4O4S. The van der Waals surface area contributed by atoms with Gasteiger partial charge < -0.3 is 5.32 Å². The van der Waals surface area contributed by atoms with Gasteiger partial charge in [0.25, 0.3) is 5.91 Å². The number of anilines is 1. The molecule has 1 saturated heterocycles. The van der Waals surface area contributed by atoms with Crippen molar-refractivity contribution in [2.45, 2.75) is 50.5 Å². The van der Waals surface area contributed by atoms with Gasteiger partial charge in [-0.05, 0) is 68.1 Å². The third-order valence-corrected chi connectivity index (χ3v) is 8.02. The number of hydrogen-bond donors (Lipinski definition) is 1. The number of piperidine rings is 1. The first-order valence-corrected chi connectivity index (χ1v) is 12.8. The van der Waals surface area contributed by atoms with E-state index in [2.05, 4.69) is 10.4 Å². The number of benzene rings is 2. The lowest BCUT2D eigenvalue weighted by molar-refractivity contribution is 0.101. The van der Waals surface area contributed by atoms with Gasteiger partial charge in [-0.15, -0.1) is 0 Å². The summed E-state index contributed by atoms with van der Waals surface area (Å²) in [5.74, 6) is -0.662. The molecule has 0 spiro atoms. The van der Waals surface area contributed by atoms with E-state index in [1.165, 1.54) is 41.2 Å². The molecule has 0 saturated carbocycles. The van der Waals surface area contributed by atoms with Gasteiger partial charge in [0.15, 0.2) is 5.69 Å². The summed E-state index contributed by atoms with van der Waals surface area (Å²) >= 11 is 0. The Hall–Kier alpha value is -3.30. The molecule has 2 heterocycles. The number of carbonyl (C=O) groups is 1. The average Bonchev–Trinajstić information content (AvgIpc) is 2.84. The fraction of sp³-hybridized carbons (Fsp3) is 0.320. The molecule has 1 aliphatic rings. The zero-order valence-electron chi connectivity index (χ0n) is 19.3. The van der Waals surface area contributed by atoms with Crippen molar-refractivity contribution in [2.75, 3.05) is 11.9 Å². The van der Waals surface area contributed by atoms with Crippen molar-refractivity contribution < 1.29 is 13.2 Å². The maximum Gasteiger partial charge on any atom is 0.280 e. The lowest BCUT2D eigenvalue weighted by Gasteiger charge is -2.34. The quantitative estimate of drug-likeness (QED) is 0.579. The third kappa shape index (κ3) is 4.95. The van der Waals surface area contributed by atoms with E-state index in [0.29, 0.717) is 12.2 Å². The van der Waals surface area contributed by atoms with Crippen LogP contribution in [0.15, 0.2) is 70.5 Å². The van der Waals surface area contributed by atoms with Crippen molar-refractivity contribution >= 4 is 21.6 Å². The van der Waals surface area contributed by atoms with Crippen molar-refractivity contribution in [1.82, 2.24) is 14.1 Å². The second-order valence-corrected chi connectivity index (χ2v) is 10.4. The van der Waals surface area contributed by atoms with Crippen LogP contribution in [0.2, 0.25) is 0 Å². The Balaban J connectivity index is 1.53. The molecule has 1 atom stereocenters. The molecule has 0 aliphatic carbocycles. The van der Waals surface area contributed by atoms with Crippen LogP contribution in [0, 0.1) is 6.92 Å². The highest BCUT2D eigenvalue weighted by Crippen LogP contribution is 2.27. The largest absolute Gasteiger partial charge is 0.320 e. The maximum atomic E-state index is 13.1.